The molecule has 0 aliphatic carbocycles. The fourth-order valence-corrected chi connectivity index (χ4v) is 1.29. The molecule has 0 unspecified atom stereocenters. The highest BCUT2D eigenvalue weighted by molar-refractivity contribution is 5.31. The van der Waals surface area contributed by atoms with Gasteiger partial charge in [-0.2, -0.15) is 0 Å². The van der Waals surface area contributed by atoms with Gasteiger partial charge in [0.15, 0.2) is 0 Å². The van der Waals surface area contributed by atoms with Gasteiger partial charge in [-0.3, -0.25) is 0 Å². The smallest absolute Gasteiger partial charge is 0.00260 e. The summed E-state index contributed by atoms with van der Waals surface area (Å²) in [5.74, 6) is 0. The maximum Gasteiger partial charge on any atom is -0.00260 e. The molecule has 0 heteroatoms. The zero-order valence-corrected chi connectivity index (χ0v) is 8.66. The summed E-state index contributed by atoms with van der Waals surface area (Å²) < 4.78 is 0. The summed E-state index contributed by atoms with van der Waals surface area (Å²) in [6.07, 6.45) is 6.59. The molecular weight excluding hydrogens is 168 g/mol. The van der Waals surface area contributed by atoms with Gasteiger partial charge in [-0.25, -0.2) is 0 Å². The first-order chi connectivity index (χ1) is 6.76. The molecule has 0 N–H and O–H groups in total. The Balaban J connectivity index is 2.77. The maximum absolute atomic E-state index is 3.78. The van der Waals surface area contributed by atoms with Gasteiger partial charge in [0.1, 0.15) is 0 Å². The third kappa shape index (κ3) is 3.06. The lowest BCUT2D eigenvalue weighted by molar-refractivity contribution is 1.19. The van der Waals surface area contributed by atoms with Crippen molar-refractivity contribution in [3.8, 4) is 0 Å². The van der Waals surface area contributed by atoms with Gasteiger partial charge in [0.25, 0.3) is 0 Å². The third-order valence-corrected chi connectivity index (χ3v) is 2.12. The van der Waals surface area contributed by atoms with E-state index in [9.17, 15) is 0 Å². The average molecular weight is 184 g/mol. The molecule has 1 aromatic carbocycles. The zero-order valence-electron chi connectivity index (χ0n) is 8.66. The molecule has 0 aromatic heterocycles. The number of allylic oxidation sites excluding steroid dienone is 4. The van der Waals surface area contributed by atoms with Crippen molar-refractivity contribution in [3.05, 3.63) is 72.4 Å². The van der Waals surface area contributed by atoms with E-state index in [0.29, 0.717) is 0 Å². The van der Waals surface area contributed by atoms with Crippen molar-refractivity contribution in [2.24, 2.45) is 0 Å². The van der Waals surface area contributed by atoms with Crippen LogP contribution in [0, 0.1) is 6.92 Å². The molecule has 0 amide bonds. The molecule has 0 fully saturated rings. The van der Waals surface area contributed by atoms with E-state index in [1.165, 1.54) is 16.7 Å². The summed E-state index contributed by atoms with van der Waals surface area (Å²) in [4.78, 5) is 0. The van der Waals surface area contributed by atoms with E-state index >= 15 is 0 Å². The number of hydrogen-bond donors (Lipinski definition) is 0. The van der Waals surface area contributed by atoms with Crippen molar-refractivity contribution in [3.63, 3.8) is 0 Å². The van der Waals surface area contributed by atoms with Crippen molar-refractivity contribution >= 4 is 0 Å². The average Bonchev–Trinajstić information content (AvgIpc) is 2.20. The molecule has 0 nitrogen and oxygen atoms in total. The highest BCUT2D eigenvalue weighted by atomic mass is 14.0. The Hall–Kier alpha value is -1.56. The minimum absolute atomic E-state index is 0.926. The standard InChI is InChI=1S/C14H16/c1-4-6-13(5-2)11-14-9-7-12(3)8-10-14/h4-10H,1-2,11H2,3H3/b13-6+. The predicted molar refractivity (Wildman–Crippen MR) is 63.4 cm³/mol. The molecule has 0 aliphatic rings. The summed E-state index contributed by atoms with van der Waals surface area (Å²) in [7, 11) is 0. The molecule has 0 atom stereocenters. The van der Waals surface area contributed by atoms with Crippen molar-refractivity contribution in [1.82, 2.24) is 0 Å². The van der Waals surface area contributed by atoms with Crippen molar-refractivity contribution in [1.29, 1.82) is 0 Å². The first-order valence-electron chi connectivity index (χ1n) is 4.76. The Morgan fingerprint density at radius 2 is 1.86 bits per heavy atom. The lowest BCUT2D eigenvalue weighted by Crippen LogP contribution is -1.87. The molecule has 0 saturated carbocycles. The number of hydrogen-bond acceptors (Lipinski definition) is 0. The van der Waals surface area contributed by atoms with Crippen molar-refractivity contribution < 1.29 is 0 Å². The molecule has 1 aromatic rings. The summed E-state index contributed by atoms with van der Waals surface area (Å²) in [6.45, 7) is 9.55. The fourth-order valence-electron chi connectivity index (χ4n) is 1.29. The molecule has 0 heterocycles. The van der Waals surface area contributed by atoms with Crippen LogP contribution in [-0.4, -0.2) is 0 Å². The second kappa shape index (κ2) is 5.23. The van der Waals surface area contributed by atoms with Crippen LogP contribution in [0.4, 0.5) is 0 Å². The first kappa shape index (κ1) is 10.5. The molecule has 0 spiro atoms. The van der Waals surface area contributed by atoms with E-state index in [-0.39, 0.29) is 0 Å². The van der Waals surface area contributed by atoms with Crippen LogP contribution in [0.15, 0.2) is 61.2 Å². The van der Waals surface area contributed by atoms with Crippen LogP contribution >= 0.6 is 0 Å². The summed E-state index contributed by atoms with van der Waals surface area (Å²) in [5, 5.41) is 0. The normalized spacial score (nSPS) is 11.1. The van der Waals surface area contributed by atoms with Crippen molar-refractivity contribution in [2.45, 2.75) is 13.3 Å². The Kier molecular flexibility index (Phi) is 3.93. The van der Waals surface area contributed by atoms with Gasteiger partial charge >= 0.3 is 0 Å². The summed E-state index contributed by atoms with van der Waals surface area (Å²) in [6, 6.07) is 8.55. The van der Waals surface area contributed by atoms with Crippen LogP contribution in [0.2, 0.25) is 0 Å². The van der Waals surface area contributed by atoms with Crippen LogP contribution in [0.1, 0.15) is 11.1 Å². The van der Waals surface area contributed by atoms with Crippen LogP contribution in [-0.2, 0) is 6.42 Å². The van der Waals surface area contributed by atoms with E-state index in [1.54, 1.807) is 6.08 Å². The van der Waals surface area contributed by atoms with E-state index in [0.717, 1.165) is 6.42 Å². The SMILES string of the molecule is C=C/C=C(\C=C)Cc1ccc(C)cc1. The monoisotopic (exact) mass is 184 g/mol. The fraction of sp³-hybridized carbons (Fsp3) is 0.143. The maximum atomic E-state index is 3.78. The van der Waals surface area contributed by atoms with Crippen molar-refractivity contribution in [2.75, 3.05) is 0 Å². The molecule has 0 bridgehead atoms. The summed E-state index contributed by atoms with van der Waals surface area (Å²) in [5.41, 5.74) is 3.80. The van der Waals surface area contributed by atoms with Crippen LogP contribution in [0.5, 0.6) is 0 Å². The van der Waals surface area contributed by atoms with E-state index < -0.39 is 0 Å². The Morgan fingerprint density at radius 3 is 2.36 bits per heavy atom. The highest BCUT2D eigenvalue weighted by Gasteiger charge is 1.94. The van der Waals surface area contributed by atoms with Gasteiger partial charge in [0, 0.05) is 0 Å². The molecular formula is C14H16. The Labute approximate surface area is 86.3 Å². The molecule has 0 radical (unpaired) electrons. The van der Waals surface area contributed by atoms with E-state index in [1.807, 2.05) is 12.2 Å². The third-order valence-electron chi connectivity index (χ3n) is 2.12. The van der Waals surface area contributed by atoms with Gasteiger partial charge in [-0.15, -0.1) is 0 Å². The minimum Gasteiger partial charge on any atom is -0.0991 e. The largest absolute Gasteiger partial charge is 0.0991 e. The second-order valence-corrected chi connectivity index (χ2v) is 3.34. The van der Waals surface area contributed by atoms with E-state index in [4.69, 9.17) is 0 Å². The molecule has 72 valence electrons. The van der Waals surface area contributed by atoms with Crippen LogP contribution < -0.4 is 0 Å². The van der Waals surface area contributed by atoms with Gasteiger partial charge in [-0.05, 0) is 24.5 Å². The van der Waals surface area contributed by atoms with Gasteiger partial charge in [0.2, 0.25) is 0 Å². The Bertz CT molecular complexity index is 339. The number of benzene rings is 1. The van der Waals surface area contributed by atoms with Gasteiger partial charge in [0.05, 0.1) is 0 Å². The summed E-state index contributed by atoms with van der Waals surface area (Å²) >= 11 is 0. The minimum atomic E-state index is 0.926. The van der Waals surface area contributed by atoms with Gasteiger partial charge < -0.3 is 0 Å². The zero-order chi connectivity index (χ0) is 10.4. The van der Waals surface area contributed by atoms with E-state index in [2.05, 4.69) is 44.3 Å². The predicted octanol–water partition coefficient (Wildman–Crippen LogP) is 3.84. The number of rotatable bonds is 4. The molecule has 0 saturated heterocycles. The Morgan fingerprint density at radius 1 is 1.21 bits per heavy atom. The first-order valence-corrected chi connectivity index (χ1v) is 4.76. The highest BCUT2D eigenvalue weighted by Crippen LogP contribution is 2.10. The molecule has 0 aliphatic heterocycles. The second-order valence-electron chi connectivity index (χ2n) is 3.34. The molecule has 1 rings (SSSR count). The van der Waals surface area contributed by atoms with Crippen LogP contribution in [0.3, 0.4) is 0 Å². The quantitative estimate of drug-likeness (QED) is 0.624. The number of aryl methyl sites for hydroxylation is 1. The van der Waals surface area contributed by atoms with Gasteiger partial charge in [-0.1, -0.05) is 61.2 Å². The lowest BCUT2D eigenvalue weighted by atomic mass is 10.0. The lowest BCUT2D eigenvalue weighted by Gasteiger charge is -2.02. The molecule has 14 heavy (non-hydrogen) atoms. The van der Waals surface area contributed by atoms with Crippen LogP contribution in [0.25, 0.3) is 0 Å². The topological polar surface area (TPSA) is 0 Å².